The van der Waals surface area contributed by atoms with E-state index in [-0.39, 0.29) is 12.1 Å². The van der Waals surface area contributed by atoms with Crippen LogP contribution in [0.5, 0.6) is 0 Å². The van der Waals surface area contributed by atoms with Crippen LogP contribution in [0, 0.1) is 34.5 Å². The Labute approximate surface area is 223 Å². The fourth-order valence-corrected chi connectivity index (χ4v) is 9.42. The Balaban J connectivity index is 1.31. The second-order valence-corrected chi connectivity index (χ2v) is 13.8. The first-order valence-electron chi connectivity index (χ1n) is 16.3. The van der Waals surface area contributed by atoms with E-state index in [0.717, 1.165) is 49.4 Å². The highest BCUT2D eigenvalue weighted by atomic mass is 16.5. The van der Waals surface area contributed by atoms with Gasteiger partial charge in [0.2, 0.25) is 0 Å². The van der Waals surface area contributed by atoms with Gasteiger partial charge in [-0.25, -0.2) is 0 Å². The van der Waals surface area contributed by atoms with Gasteiger partial charge < -0.3 is 4.74 Å². The molecule has 0 aliphatic heterocycles. The van der Waals surface area contributed by atoms with Crippen molar-refractivity contribution in [3.05, 3.63) is 11.6 Å². The summed E-state index contributed by atoms with van der Waals surface area (Å²) >= 11 is 0. The van der Waals surface area contributed by atoms with Gasteiger partial charge in [0, 0.05) is 12.8 Å². The minimum Gasteiger partial charge on any atom is -0.462 e. The minimum atomic E-state index is 0.0461. The first-order valence-corrected chi connectivity index (χ1v) is 16.3. The largest absolute Gasteiger partial charge is 0.462 e. The van der Waals surface area contributed by atoms with Crippen LogP contribution in [-0.4, -0.2) is 12.1 Å². The summed E-state index contributed by atoms with van der Waals surface area (Å²) in [4.78, 5) is 12.4. The Morgan fingerprint density at radius 1 is 0.861 bits per heavy atom. The number of allylic oxidation sites excluding steroid dienone is 1. The monoisotopic (exact) mass is 498 g/mol. The van der Waals surface area contributed by atoms with E-state index in [2.05, 4.69) is 33.8 Å². The van der Waals surface area contributed by atoms with E-state index in [0.29, 0.717) is 17.3 Å². The average molecular weight is 499 g/mol. The zero-order valence-corrected chi connectivity index (χ0v) is 24.4. The van der Waals surface area contributed by atoms with Gasteiger partial charge in [0.25, 0.3) is 0 Å². The van der Waals surface area contributed by atoms with Gasteiger partial charge >= 0.3 is 5.97 Å². The molecule has 2 nitrogen and oxygen atoms in total. The number of esters is 1. The highest BCUT2D eigenvalue weighted by Crippen LogP contribution is 2.66. The van der Waals surface area contributed by atoms with Crippen molar-refractivity contribution >= 4 is 5.97 Å². The van der Waals surface area contributed by atoms with Crippen molar-refractivity contribution in [2.45, 2.75) is 162 Å². The number of hydrogen-bond donors (Lipinski definition) is 0. The second kappa shape index (κ2) is 12.8. The van der Waals surface area contributed by atoms with Crippen LogP contribution in [0.1, 0.15) is 156 Å². The fourth-order valence-electron chi connectivity index (χ4n) is 9.42. The number of carbonyl (C=O) groups is 1. The Hall–Kier alpha value is -0.790. The van der Waals surface area contributed by atoms with Crippen molar-refractivity contribution in [1.82, 2.24) is 0 Å². The van der Waals surface area contributed by atoms with Crippen molar-refractivity contribution in [3.8, 4) is 0 Å². The zero-order valence-electron chi connectivity index (χ0n) is 24.4. The number of hydrogen-bond acceptors (Lipinski definition) is 2. The molecular weight excluding hydrogens is 440 g/mol. The van der Waals surface area contributed by atoms with Crippen molar-refractivity contribution in [2.75, 3.05) is 0 Å². The van der Waals surface area contributed by atoms with Crippen LogP contribution >= 0.6 is 0 Å². The molecule has 4 rings (SSSR count). The van der Waals surface area contributed by atoms with Gasteiger partial charge in [-0.2, -0.15) is 0 Å². The molecule has 0 spiro atoms. The molecule has 0 N–H and O–H groups in total. The maximum atomic E-state index is 12.4. The Morgan fingerprint density at radius 2 is 1.58 bits per heavy atom. The SMILES string of the molecule is CCCCCCCC[C@H]1CC[C@H]2[C@@H]3CC=C4C[C@@H](OC(=O)CCCCCC)CC[C@]4(C)[C@H]3CC[C@]12C. The summed E-state index contributed by atoms with van der Waals surface area (Å²) in [5, 5.41) is 0. The van der Waals surface area contributed by atoms with Crippen LogP contribution < -0.4 is 0 Å². The predicted molar refractivity (Wildman–Crippen MR) is 152 cm³/mol. The Kier molecular flexibility index (Phi) is 10.1. The van der Waals surface area contributed by atoms with Gasteiger partial charge in [-0.15, -0.1) is 0 Å². The molecule has 3 saturated carbocycles. The molecule has 0 amide bonds. The molecule has 3 fully saturated rings. The van der Waals surface area contributed by atoms with Crippen LogP contribution in [0.15, 0.2) is 11.6 Å². The molecule has 0 aromatic carbocycles. The number of fused-ring (bicyclic) bond motifs is 5. The van der Waals surface area contributed by atoms with E-state index >= 15 is 0 Å². The van der Waals surface area contributed by atoms with Crippen molar-refractivity contribution in [3.63, 3.8) is 0 Å². The lowest BCUT2D eigenvalue weighted by Gasteiger charge is -2.58. The van der Waals surface area contributed by atoms with Crippen LogP contribution in [0.3, 0.4) is 0 Å². The summed E-state index contributed by atoms with van der Waals surface area (Å²) in [5.74, 6) is 3.71. The summed E-state index contributed by atoms with van der Waals surface area (Å²) in [6, 6.07) is 0. The molecule has 0 aromatic rings. The molecule has 4 aliphatic carbocycles. The summed E-state index contributed by atoms with van der Waals surface area (Å²) in [6.45, 7) is 9.82. The first kappa shape index (κ1) is 28.2. The van der Waals surface area contributed by atoms with Crippen molar-refractivity contribution in [2.24, 2.45) is 34.5 Å². The van der Waals surface area contributed by atoms with Gasteiger partial charge in [-0.3, -0.25) is 4.79 Å². The van der Waals surface area contributed by atoms with Crippen LogP contribution in [0.4, 0.5) is 0 Å². The third kappa shape index (κ3) is 6.09. The molecule has 0 radical (unpaired) electrons. The lowest BCUT2D eigenvalue weighted by Crippen LogP contribution is -2.50. The van der Waals surface area contributed by atoms with Crippen LogP contribution in [0.25, 0.3) is 0 Å². The molecule has 0 aromatic heterocycles. The van der Waals surface area contributed by atoms with Gasteiger partial charge in [0.05, 0.1) is 0 Å². The maximum absolute atomic E-state index is 12.4. The predicted octanol–water partition coefficient (Wildman–Crippen LogP) is 10.2. The van der Waals surface area contributed by atoms with Crippen LogP contribution in [-0.2, 0) is 9.53 Å². The highest BCUT2D eigenvalue weighted by Gasteiger charge is 2.58. The Morgan fingerprint density at radius 3 is 2.36 bits per heavy atom. The quantitative estimate of drug-likeness (QED) is 0.143. The van der Waals surface area contributed by atoms with E-state index in [9.17, 15) is 4.79 Å². The molecule has 0 unspecified atom stereocenters. The Bertz CT molecular complexity index is 739. The molecule has 7 atom stereocenters. The van der Waals surface area contributed by atoms with E-state index in [1.807, 2.05) is 0 Å². The first-order chi connectivity index (χ1) is 17.4. The van der Waals surface area contributed by atoms with Gasteiger partial charge in [0.15, 0.2) is 0 Å². The summed E-state index contributed by atoms with van der Waals surface area (Å²) in [5.41, 5.74) is 2.59. The van der Waals surface area contributed by atoms with E-state index in [1.165, 1.54) is 96.3 Å². The topological polar surface area (TPSA) is 26.3 Å². The summed E-state index contributed by atoms with van der Waals surface area (Å²) in [6.07, 6.45) is 28.5. The molecule has 0 bridgehead atoms. The van der Waals surface area contributed by atoms with E-state index in [4.69, 9.17) is 4.74 Å². The van der Waals surface area contributed by atoms with Crippen LogP contribution in [0.2, 0.25) is 0 Å². The molecule has 36 heavy (non-hydrogen) atoms. The normalized spacial score (nSPS) is 37.6. The maximum Gasteiger partial charge on any atom is 0.306 e. The van der Waals surface area contributed by atoms with Gasteiger partial charge in [-0.05, 0) is 92.3 Å². The summed E-state index contributed by atoms with van der Waals surface area (Å²) in [7, 11) is 0. The third-order valence-corrected chi connectivity index (χ3v) is 11.7. The average Bonchev–Trinajstić information content (AvgIpc) is 3.20. The standard InChI is InChI=1S/C34H58O2/c1-5-7-9-11-12-13-15-26-18-20-30-29-19-17-27-25-28(36-32(35)16-14-10-8-6-2)21-23-34(27,4)31(29)22-24-33(26,30)3/h17,26,28-31H,5-16,18-25H2,1-4H3/t26-,28-,29-,30-,31-,33+,34-/m0/s1. The molecule has 0 saturated heterocycles. The minimum absolute atomic E-state index is 0.0461. The molecule has 206 valence electrons. The number of unbranched alkanes of at least 4 members (excludes halogenated alkanes) is 8. The number of ether oxygens (including phenoxy) is 1. The second-order valence-electron chi connectivity index (χ2n) is 13.8. The third-order valence-electron chi connectivity index (χ3n) is 11.7. The fraction of sp³-hybridized carbons (Fsp3) is 0.912. The van der Waals surface area contributed by atoms with E-state index in [1.54, 1.807) is 5.57 Å². The molecular formula is C34H58O2. The summed E-state index contributed by atoms with van der Waals surface area (Å²) < 4.78 is 5.99. The highest BCUT2D eigenvalue weighted by molar-refractivity contribution is 5.69. The number of carbonyl (C=O) groups excluding carboxylic acids is 1. The van der Waals surface area contributed by atoms with Gasteiger partial charge in [-0.1, -0.05) is 97.1 Å². The lowest BCUT2D eigenvalue weighted by molar-refractivity contribution is -0.151. The lowest BCUT2D eigenvalue weighted by atomic mass is 9.47. The number of rotatable bonds is 13. The molecule has 0 heterocycles. The van der Waals surface area contributed by atoms with Crippen molar-refractivity contribution in [1.29, 1.82) is 0 Å². The van der Waals surface area contributed by atoms with Gasteiger partial charge in [0.1, 0.15) is 6.10 Å². The molecule has 2 heteroatoms. The van der Waals surface area contributed by atoms with E-state index < -0.39 is 0 Å². The van der Waals surface area contributed by atoms with Crippen molar-refractivity contribution < 1.29 is 9.53 Å². The molecule has 4 aliphatic rings. The zero-order chi connectivity index (χ0) is 25.6. The smallest absolute Gasteiger partial charge is 0.306 e.